The average molecular weight is 321 g/mol. The molecule has 2 aromatic rings. The Morgan fingerprint density at radius 2 is 2.11 bits per heavy atom. The fourth-order valence-electron chi connectivity index (χ4n) is 1.56. The van der Waals surface area contributed by atoms with E-state index in [1.54, 1.807) is 24.3 Å². The number of nitriles is 1. The number of nitrogens with two attached hydrogens (primary N) is 1. The van der Waals surface area contributed by atoms with E-state index in [1.165, 1.54) is 12.1 Å². The minimum absolute atomic E-state index is 0.189. The molecule has 3 nitrogen and oxygen atoms in total. The zero-order chi connectivity index (χ0) is 13.8. The molecule has 19 heavy (non-hydrogen) atoms. The number of nitrogen functional groups attached to an aromatic ring is 1. The Labute approximate surface area is 118 Å². The summed E-state index contributed by atoms with van der Waals surface area (Å²) in [6.45, 7) is 0.189. The molecule has 2 aromatic carbocycles. The maximum absolute atomic E-state index is 13.3. The summed E-state index contributed by atoms with van der Waals surface area (Å²) in [4.78, 5) is 0. The monoisotopic (exact) mass is 320 g/mol. The van der Waals surface area contributed by atoms with Gasteiger partial charge in [-0.1, -0.05) is 12.1 Å². The molecule has 96 valence electrons. The molecule has 0 fully saturated rings. The molecule has 5 heteroatoms. The number of nitrogens with zero attached hydrogens (tertiary/aromatic N) is 1. The molecular formula is C14H10BrFN2O. The summed E-state index contributed by atoms with van der Waals surface area (Å²) in [7, 11) is 0. The van der Waals surface area contributed by atoms with Crippen molar-refractivity contribution in [3.05, 3.63) is 57.8 Å². The van der Waals surface area contributed by atoms with Crippen molar-refractivity contribution in [1.82, 2.24) is 0 Å². The van der Waals surface area contributed by atoms with Crippen LogP contribution in [0.4, 0.5) is 10.1 Å². The minimum atomic E-state index is -0.339. The van der Waals surface area contributed by atoms with Crippen LogP contribution in [-0.2, 0) is 6.61 Å². The third kappa shape index (κ3) is 3.04. The lowest BCUT2D eigenvalue weighted by Gasteiger charge is -2.10. The summed E-state index contributed by atoms with van der Waals surface area (Å²) in [5.74, 6) is 0.129. The van der Waals surface area contributed by atoms with Crippen molar-refractivity contribution in [2.24, 2.45) is 0 Å². The van der Waals surface area contributed by atoms with Crippen LogP contribution in [0.1, 0.15) is 11.1 Å². The molecule has 2 rings (SSSR count). The largest absolute Gasteiger partial charge is 0.487 e. The summed E-state index contributed by atoms with van der Waals surface area (Å²) < 4.78 is 19.2. The topological polar surface area (TPSA) is 59.0 Å². The van der Waals surface area contributed by atoms with Gasteiger partial charge in [0.25, 0.3) is 0 Å². The van der Waals surface area contributed by atoms with E-state index < -0.39 is 0 Å². The number of hydrogen-bond acceptors (Lipinski definition) is 3. The first-order valence-electron chi connectivity index (χ1n) is 5.47. The SMILES string of the molecule is N#Cc1ccc(OCc2cccc(F)c2Br)c(N)c1. The van der Waals surface area contributed by atoms with Gasteiger partial charge in [0.15, 0.2) is 0 Å². The van der Waals surface area contributed by atoms with Crippen LogP contribution in [0.2, 0.25) is 0 Å². The van der Waals surface area contributed by atoms with Crippen LogP contribution in [0.5, 0.6) is 5.75 Å². The Balaban J connectivity index is 2.15. The second-order valence-corrected chi connectivity index (χ2v) is 4.66. The highest BCUT2D eigenvalue weighted by atomic mass is 79.9. The van der Waals surface area contributed by atoms with Crippen LogP contribution in [-0.4, -0.2) is 0 Å². The Kier molecular flexibility index (Phi) is 4.03. The third-order valence-electron chi connectivity index (χ3n) is 2.55. The average Bonchev–Trinajstić information content (AvgIpc) is 2.41. The van der Waals surface area contributed by atoms with Gasteiger partial charge in [-0.2, -0.15) is 5.26 Å². The fraction of sp³-hybridized carbons (Fsp3) is 0.0714. The van der Waals surface area contributed by atoms with Gasteiger partial charge in [0.05, 0.1) is 21.8 Å². The molecule has 0 unspecified atom stereocenters. The van der Waals surface area contributed by atoms with Gasteiger partial charge in [0.2, 0.25) is 0 Å². The second kappa shape index (κ2) is 5.72. The van der Waals surface area contributed by atoms with Gasteiger partial charge in [0, 0.05) is 5.56 Å². The van der Waals surface area contributed by atoms with E-state index in [0.29, 0.717) is 27.0 Å². The van der Waals surface area contributed by atoms with E-state index in [-0.39, 0.29) is 12.4 Å². The molecule has 0 aliphatic heterocycles. The lowest BCUT2D eigenvalue weighted by Crippen LogP contribution is -2.00. The summed E-state index contributed by atoms with van der Waals surface area (Å²) in [6, 6.07) is 11.5. The van der Waals surface area contributed by atoms with Gasteiger partial charge in [0.1, 0.15) is 18.2 Å². The fourth-order valence-corrected chi connectivity index (χ4v) is 1.94. The van der Waals surface area contributed by atoms with Crippen LogP contribution in [0, 0.1) is 17.1 Å². The van der Waals surface area contributed by atoms with Crippen LogP contribution in [0.3, 0.4) is 0 Å². The first kappa shape index (κ1) is 13.4. The number of hydrogen-bond donors (Lipinski definition) is 1. The van der Waals surface area contributed by atoms with Crippen molar-refractivity contribution in [2.45, 2.75) is 6.61 Å². The van der Waals surface area contributed by atoms with Gasteiger partial charge in [-0.15, -0.1) is 0 Å². The van der Waals surface area contributed by atoms with E-state index in [1.807, 2.05) is 6.07 Å². The number of rotatable bonds is 3. The van der Waals surface area contributed by atoms with E-state index >= 15 is 0 Å². The van der Waals surface area contributed by atoms with Crippen molar-refractivity contribution in [3.8, 4) is 11.8 Å². The Hall–Kier alpha value is -2.06. The van der Waals surface area contributed by atoms with E-state index in [2.05, 4.69) is 15.9 Å². The quantitative estimate of drug-likeness (QED) is 0.879. The minimum Gasteiger partial charge on any atom is -0.487 e. The zero-order valence-corrected chi connectivity index (χ0v) is 11.4. The van der Waals surface area contributed by atoms with Crippen molar-refractivity contribution >= 4 is 21.6 Å². The molecule has 0 radical (unpaired) electrons. The molecule has 0 aromatic heterocycles. The van der Waals surface area contributed by atoms with Crippen molar-refractivity contribution < 1.29 is 9.13 Å². The first-order valence-corrected chi connectivity index (χ1v) is 6.26. The molecule has 0 bridgehead atoms. The van der Waals surface area contributed by atoms with Crippen molar-refractivity contribution in [3.63, 3.8) is 0 Å². The zero-order valence-electron chi connectivity index (χ0n) is 9.86. The normalized spacial score (nSPS) is 9.95. The maximum atomic E-state index is 13.3. The Bertz CT molecular complexity index is 652. The predicted molar refractivity (Wildman–Crippen MR) is 74.0 cm³/mol. The lowest BCUT2D eigenvalue weighted by atomic mass is 10.2. The van der Waals surface area contributed by atoms with Crippen LogP contribution in [0.15, 0.2) is 40.9 Å². The molecule has 2 N–H and O–H groups in total. The molecule has 0 aliphatic rings. The molecule has 0 aliphatic carbocycles. The van der Waals surface area contributed by atoms with Gasteiger partial charge in [-0.05, 0) is 40.2 Å². The smallest absolute Gasteiger partial charge is 0.142 e. The second-order valence-electron chi connectivity index (χ2n) is 3.87. The highest BCUT2D eigenvalue weighted by molar-refractivity contribution is 9.10. The highest BCUT2D eigenvalue weighted by Crippen LogP contribution is 2.26. The Morgan fingerprint density at radius 1 is 1.32 bits per heavy atom. The molecule has 0 saturated heterocycles. The van der Waals surface area contributed by atoms with Crippen LogP contribution < -0.4 is 10.5 Å². The molecular weight excluding hydrogens is 311 g/mol. The summed E-state index contributed by atoms with van der Waals surface area (Å²) in [6.07, 6.45) is 0. The summed E-state index contributed by atoms with van der Waals surface area (Å²) in [5, 5.41) is 8.73. The molecule has 0 saturated carbocycles. The number of halogens is 2. The molecule has 0 atom stereocenters. The van der Waals surface area contributed by atoms with Gasteiger partial charge in [-0.3, -0.25) is 0 Å². The first-order chi connectivity index (χ1) is 9.11. The summed E-state index contributed by atoms with van der Waals surface area (Å²) >= 11 is 3.17. The predicted octanol–water partition coefficient (Wildman–Crippen LogP) is 3.62. The van der Waals surface area contributed by atoms with E-state index in [4.69, 9.17) is 15.7 Å². The van der Waals surface area contributed by atoms with Crippen LogP contribution >= 0.6 is 15.9 Å². The van der Waals surface area contributed by atoms with Gasteiger partial charge in [-0.25, -0.2) is 4.39 Å². The van der Waals surface area contributed by atoms with Gasteiger partial charge >= 0.3 is 0 Å². The van der Waals surface area contributed by atoms with Crippen molar-refractivity contribution in [1.29, 1.82) is 5.26 Å². The standard InChI is InChI=1S/C14H10BrFN2O/c15-14-10(2-1-3-11(14)16)8-19-13-5-4-9(7-17)6-12(13)18/h1-6H,8,18H2. The van der Waals surface area contributed by atoms with E-state index in [9.17, 15) is 4.39 Å². The molecule has 0 heterocycles. The number of anilines is 1. The van der Waals surface area contributed by atoms with E-state index in [0.717, 1.165) is 0 Å². The van der Waals surface area contributed by atoms with Gasteiger partial charge < -0.3 is 10.5 Å². The highest BCUT2D eigenvalue weighted by Gasteiger charge is 2.07. The molecule has 0 spiro atoms. The maximum Gasteiger partial charge on any atom is 0.142 e. The number of ether oxygens (including phenoxy) is 1. The van der Waals surface area contributed by atoms with Crippen molar-refractivity contribution in [2.75, 3.05) is 5.73 Å². The van der Waals surface area contributed by atoms with Crippen LogP contribution in [0.25, 0.3) is 0 Å². The summed E-state index contributed by atoms with van der Waals surface area (Å²) in [5.41, 5.74) is 7.30. The lowest BCUT2D eigenvalue weighted by molar-refractivity contribution is 0.306. The molecule has 0 amide bonds. The number of benzene rings is 2. The third-order valence-corrected chi connectivity index (χ3v) is 3.44. The Morgan fingerprint density at radius 3 is 2.79 bits per heavy atom.